The Balaban J connectivity index is 2.62. The van der Waals surface area contributed by atoms with E-state index in [1.54, 1.807) is 25.3 Å². The van der Waals surface area contributed by atoms with E-state index >= 15 is 0 Å². The maximum Gasteiger partial charge on any atom is 0.356 e. The molecule has 2 rings (SSSR count). The third-order valence-corrected chi connectivity index (χ3v) is 2.01. The molecule has 0 aliphatic rings. The lowest BCUT2D eigenvalue weighted by molar-refractivity contribution is 0.0689. The van der Waals surface area contributed by atoms with Crippen molar-refractivity contribution in [2.45, 2.75) is 0 Å². The van der Waals surface area contributed by atoms with Gasteiger partial charge in [0.25, 0.3) is 0 Å². The fourth-order valence-corrected chi connectivity index (χ4v) is 1.25. The molecule has 2 aromatic rings. The Labute approximate surface area is 85.3 Å². The van der Waals surface area contributed by atoms with Gasteiger partial charge in [-0.3, -0.25) is 0 Å². The summed E-state index contributed by atoms with van der Waals surface area (Å²) < 4.78 is 5.03. The maximum atomic E-state index is 10.7. The Morgan fingerprint density at radius 2 is 2.13 bits per heavy atom. The number of aromatic carboxylic acids is 1. The van der Waals surface area contributed by atoms with Gasteiger partial charge in [0.15, 0.2) is 5.69 Å². The Kier molecular flexibility index (Phi) is 2.21. The molecular weight excluding hydrogens is 196 g/mol. The fourth-order valence-electron chi connectivity index (χ4n) is 1.25. The van der Waals surface area contributed by atoms with Crippen molar-refractivity contribution in [3.63, 3.8) is 0 Å². The van der Waals surface area contributed by atoms with Crippen molar-refractivity contribution in [1.82, 2.24) is 10.2 Å². The molecule has 0 aliphatic heterocycles. The molecule has 0 fully saturated rings. The molecule has 0 radical (unpaired) electrons. The molecule has 1 N–H and O–H groups in total. The van der Waals surface area contributed by atoms with Crippen molar-refractivity contribution in [3.05, 3.63) is 30.0 Å². The second-order valence-corrected chi connectivity index (χ2v) is 2.96. The van der Waals surface area contributed by atoms with Crippen LogP contribution in [0.4, 0.5) is 0 Å². The Morgan fingerprint density at radius 1 is 1.33 bits per heavy atom. The minimum Gasteiger partial charge on any atom is -0.497 e. The van der Waals surface area contributed by atoms with Crippen LogP contribution in [0.5, 0.6) is 5.75 Å². The number of rotatable bonds is 2. The van der Waals surface area contributed by atoms with Gasteiger partial charge in [-0.1, -0.05) is 0 Å². The average molecular weight is 204 g/mol. The lowest BCUT2D eigenvalue weighted by Gasteiger charge is -2.01. The van der Waals surface area contributed by atoms with E-state index in [4.69, 9.17) is 9.84 Å². The van der Waals surface area contributed by atoms with Gasteiger partial charge in [0.1, 0.15) is 5.75 Å². The number of ether oxygens (including phenoxy) is 1. The van der Waals surface area contributed by atoms with Crippen molar-refractivity contribution in [2.75, 3.05) is 7.11 Å². The molecule has 0 amide bonds. The van der Waals surface area contributed by atoms with E-state index < -0.39 is 5.97 Å². The Bertz CT molecular complexity index is 525. The van der Waals surface area contributed by atoms with E-state index in [1.807, 2.05) is 0 Å². The van der Waals surface area contributed by atoms with Gasteiger partial charge in [-0.15, -0.1) is 10.2 Å². The molecule has 0 atom stereocenters. The number of carboxylic acids is 1. The van der Waals surface area contributed by atoms with E-state index in [-0.39, 0.29) is 5.69 Å². The predicted molar refractivity (Wildman–Crippen MR) is 53.0 cm³/mol. The van der Waals surface area contributed by atoms with E-state index in [9.17, 15) is 4.79 Å². The van der Waals surface area contributed by atoms with Crippen LogP contribution in [0.2, 0.25) is 0 Å². The second kappa shape index (κ2) is 3.53. The van der Waals surface area contributed by atoms with Gasteiger partial charge in [0.2, 0.25) is 0 Å². The quantitative estimate of drug-likeness (QED) is 0.799. The van der Waals surface area contributed by atoms with Crippen LogP contribution in [-0.2, 0) is 0 Å². The summed E-state index contributed by atoms with van der Waals surface area (Å²) in [5, 5.41) is 16.8. The number of nitrogens with zero attached hydrogens (tertiary/aromatic N) is 2. The van der Waals surface area contributed by atoms with Gasteiger partial charge >= 0.3 is 5.97 Å². The average Bonchev–Trinajstić information content (AvgIpc) is 2.27. The van der Waals surface area contributed by atoms with Crippen LogP contribution in [-0.4, -0.2) is 28.4 Å². The van der Waals surface area contributed by atoms with Crippen LogP contribution in [0.25, 0.3) is 10.9 Å². The van der Waals surface area contributed by atoms with E-state index in [0.717, 1.165) is 0 Å². The van der Waals surface area contributed by atoms with Crippen molar-refractivity contribution < 1.29 is 14.6 Å². The van der Waals surface area contributed by atoms with Crippen LogP contribution < -0.4 is 4.74 Å². The molecule has 0 saturated carbocycles. The largest absolute Gasteiger partial charge is 0.497 e. The summed E-state index contributed by atoms with van der Waals surface area (Å²) >= 11 is 0. The number of carboxylic acid groups (broad SMARTS) is 1. The zero-order valence-corrected chi connectivity index (χ0v) is 7.97. The van der Waals surface area contributed by atoms with Gasteiger partial charge in [-0.2, -0.15) is 0 Å². The first-order valence-electron chi connectivity index (χ1n) is 4.25. The van der Waals surface area contributed by atoms with E-state index in [2.05, 4.69) is 10.2 Å². The number of aromatic nitrogens is 2. The highest BCUT2D eigenvalue weighted by Crippen LogP contribution is 2.18. The van der Waals surface area contributed by atoms with Crippen LogP contribution in [0.1, 0.15) is 10.5 Å². The first-order valence-corrected chi connectivity index (χ1v) is 4.25. The molecule has 0 bridgehead atoms. The van der Waals surface area contributed by atoms with Gasteiger partial charge in [-0.05, 0) is 24.3 Å². The monoisotopic (exact) mass is 204 g/mol. The summed E-state index contributed by atoms with van der Waals surface area (Å²) in [4.78, 5) is 10.7. The number of benzene rings is 1. The van der Waals surface area contributed by atoms with Crippen LogP contribution in [0, 0.1) is 0 Å². The molecular formula is C10H8N2O3. The Hall–Kier alpha value is -2.17. The summed E-state index contributed by atoms with van der Waals surface area (Å²) in [5.41, 5.74) is 0.566. The molecule has 0 spiro atoms. The summed E-state index contributed by atoms with van der Waals surface area (Å²) in [5.74, 6) is -0.431. The van der Waals surface area contributed by atoms with Gasteiger partial charge in [-0.25, -0.2) is 4.79 Å². The maximum absolute atomic E-state index is 10.7. The molecule has 0 unspecified atom stereocenters. The van der Waals surface area contributed by atoms with Crippen molar-refractivity contribution >= 4 is 16.9 Å². The predicted octanol–water partition coefficient (Wildman–Crippen LogP) is 1.34. The third-order valence-electron chi connectivity index (χ3n) is 2.01. The molecule has 5 heteroatoms. The van der Waals surface area contributed by atoms with Crippen molar-refractivity contribution in [3.8, 4) is 5.75 Å². The van der Waals surface area contributed by atoms with E-state index in [0.29, 0.717) is 16.7 Å². The summed E-state index contributed by atoms with van der Waals surface area (Å²) in [6.07, 6.45) is 0. The number of methoxy groups -OCH3 is 1. The number of hydrogen-bond acceptors (Lipinski definition) is 4. The lowest BCUT2D eigenvalue weighted by Crippen LogP contribution is -2.01. The first kappa shape index (κ1) is 9.39. The van der Waals surface area contributed by atoms with Crippen molar-refractivity contribution in [1.29, 1.82) is 0 Å². The lowest BCUT2D eigenvalue weighted by atomic mass is 10.2. The number of carbonyl (C=O) groups is 1. The normalized spacial score (nSPS) is 10.2. The van der Waals surface area contributed by atoms with E-state index in [1.165, 1.54) is 6.07 Å². The zero-order chi connectivity index (χ0) is 10.8. The highest BCUT2D eigenvalue weighted by Gasteiger charge is 2.07. The minimum atomic E-state index is -1.09. The highest BCUT2D eigenvalue weighted by atomic mass is 16.5. The molecule has 76 valence electrons. The highest BCUT2D eigenvalue weighted by molar-refractivity contribution is 5.90. The van der Waals surface area contributed by atoms with Gasteiger partial charge < -0.3 is 9.84 Å². The number of fused-ring (bicyclic) bond motifs is 1. The summed E-state index contributed by atoms with van der Waals surface area (Å²) in [7, 11) is 1.55. The second-order valence-electron chi connectivity index (χ2n) is 2.96. The molecule has 5 nitrogen and oxygen atoms in total. The number of hydrogen-bond donors (Lipinski definition) is 1. The fraction of sp³-hybridized carbons (Fsp3) is 0.100. The van der Waals surface area contributed by atoms with Gasteiger partial charge in [0, 0.05) is 5.39 Å². The van der Waals surface area contributed by atoms with Crippen LogP contribution in [0.15, 0.2) is 24.3 Å². The summed E-state index contributed by atoms with van der Waals surface area (Å²) in [6, 6.07) is 6.66. The molecule has 15 heavy (non-hydrogen) atoms. The zero-order valence-electron chi connectivity index (χ0n) is 7.97. The molecule has 0 saturated heterocycles. The summed E-state index contributed by atoms with van der Waals surface area (Å²) in [6.45, 7) is 0. The minimum absolute atomic E-state index is 0.0734. The Morgan fingerprint density at radius 3 is 2.80 bits per heavy atom. The molecule has 1 heterocycles. The SMILES string of the molecule is COc1ccc2nnc(C(=O)O)cc2c1. The third kappa shape index (κ3) is 1.71. The van der Waals surface area contributed by atoms with Crippen LogP contribution >= 0.6 is 0 Å². The van der Waals surface area contributed by atoms with Crippen molar-refractivity contribution in [2.24, 2.45) is 0 Å². The topological polar surface area (TPSA) is 72.3 Å². The molecule has 1 aromatic heterocycles. The van der Waals surface area contributed by atoms with Gasteiger partial charge in [0.05, 0.1) is 12.6 Å². The van der Waals surface area contributed by atoms with Crippen LogP contribution in [0.3, 0.4) is 0 Å². The smallest absolute Gasteiger partial charge is 0.356 e. The standard InChI is InChI=1S/C10H8N2O3/c1-15-7-2-3-8-6(4-7)5-9(10(13)14)12-11-8/h2-5H,1H3,(H,13,14). The molecule has 1 aromatic carbocycles. The molecule has 0 aliphatic carbocycles. The first-order chi connectivity index (χ1) is 7.20.